The van der Waals surface area contributed by atoms with Crippen molar-refractivity contribution in [1.29, 1.82) is 5.26 Å². The van der Waals surface area contributed by atoms with Crippen molar-refractivity contribution in [2.45, 2.75) is 70.2 Å². The van der Waals surface area contributed by atoms with Crippen LogP contribution in [0.25, 0.3) is 11.0 Å². The van der Waals surface area contributed by atoms with Crippen molar-refractivity contribution in [2.75, 3.05) is 0 Å². The molecule has 180 valence electrons. The van der Waals surface area contributed by atoms with Gasteiger partial charge < -0.3 is 9.67 Å². The lowest BCUT2D eigenvalue weighted by atomic mass is 9.89. The van der Waals surface area contributed by atoms with Crippen molar-refractivity contribution in [3.05, 3.63) is 65.5 Å². The second-order valence-electron chi connectivity index (χ2n) is 9.30. The minimum absolute atomic E-state index is 0.0342. The van der Waals surface area contributed by atoms with E-state index in [2.05, 4.69) is 4.98 Å². The van der Waals surface area contributed by atoms with E-state index >= 15 is 0 Å². The third-order valence-electron chi connectivity index (χ3n) is 6.15. The van der Waals surface area contributed by atoms with Crippen molar-refractivity contribution in [2.24, 2.45) is 0 Å². The van der Waals surface area contributed by atoms with Crippen LogP contribution in [0.15, 0.2) is 48.5 Å². The summed E-state index contributed by atoms with van der Waals surface area (Å²) in [6.45, 7) is 3.77. The Kier molecular flexibility index (Phi) is 7.18. The van der Waals surface area contributed by atoms with E-state index in [0.717, 1.165) is 18.4 Å². The normalized spacial score (nSPS) is 14.1. The van der Waals surface area contributed by atoms with Crippen LogP contribution in [0, 0.1) is 11.3 Å². The third kappa shape index (κ3) is 5.31. The molecule has 0 aliphatic heterocycles. The number of hydrogen-bond acceptors (Lipinski definition) is 4. The first-order valence-electron chi connectivity index (χ1n) is 11.1. The Morgan fingerprint density at radius 1 is 1.09 bits per heavy atom. The molecule has 0 bridgehead atoms. The summed E-state index contributed by atoms with van der Waals surface area (Å²) in [6, 6.07) is 15.4. The van der Waals surface area contributed by atoms with Crippen LogP contribution in [-0.4, -0.2) is 26.6 Å². The maximum absolute atomic E-state index is 13.9. The summed E-state index contributed by atoms with van der Waals surface area (Å²) in [6.07, 6.45) is -3.18. The highest BCUT2D eigenvalue weighted by Crippen LogP contribution is 2.39. The lowest BCUT2D eigenvalue weighted by Gasteiger charge is -2.31. The summed E-state index contributed by atoms with van der Waals surface area (Å²) in [5.41, 5.74) is -1.94. The van der Waals surface area contributed by atoms with Gasteiger partial charge in [0.2, 0.25) is 0 Å². The van der Waals surface area contributed by atoms with Gasteiger partial charge in [-0.2, -0.15) is 18.4 Å². The molecule has 34 heavy (non-hydrogen) atoms. The zero-order chi connectivity index (χ0) is 25.1. The maximum atomic E-state index is 13.9. The number of carbonyl (C=O) groups excluding carboxylic acids is 1. The molecule has 0 unspecified atom stereocenters. The van der Waals surface area contributed by atoms with Gasteiger partial charge in [0, 0.05) is 19.3 Å². The first-order valence-corrected chi connectivity index (χ1v) is 11.1. The lowest BCUT2D eigenvalue weighted by Crippen LogP contribution is -2.43. The Hall–Kier alpha value is -3.18. The molecular formula is C26H28F3N3O2. The van der Waals surface area contributed by atoms with Gasteiger partial charge in [-0.3, -0.25) is 4.79 Å². The first-order chi connectivity index (χ1) is 15.9. The second kappa shape index (κ2) is 9.59. The number of halogens is 3. The topological polar surface area (TPSA) is 78.9 Å². The summed E-state index contributed by atoms with van der Waals surface area (Å²) in [5, 5.41) is 19.8. The number of aromatic nitrogens is 2. The number of alkyl halides is 3. The van der Waals surface area contributed by atoms with Crippen molar-refractivity contribution < 1.29 is 23.1 Å². The number of carbonyl (C=O) groups is 1. The van der Waals surface area contributed by atoms with Gasteiger partial charge in [-0.1, -0.05) is 30.3 Å². The number of imidazole rings is 1. The third-order valence-corrected chi connectivity index (χ3v) is 6.15. The van der Waals surface area contributed by atoms with Gasteiger partial charge in [-0.05, 0) is 57.4 Å². The standard InChI is InChI=1S/C26H28F3N3O2/c1-24(2,26(27,28)29)32-22-15-18(17-30)13-14-21(22)31-23(32)12-8-7-11-20(33)16-25(3,34)19-9-5-4-6-10-19/h4-6,9-10,13-15,34H,7-8,11-12,16H2,1-3H3/t25-/m1/s1. The second-order valence-corrected chi connectivity index (χ2v) is 9.30. The average molecular weight is 472 g/mol. The predicted octanol–water partition coefficient (Wildman–Crippen LogP) is 5.79. The summed E-state index contributed by atoms with van der Waals surface area (Å²) in [7, 11) is 0. The van der Waals surface area contributed by atoms with Crippen LogP contribution in [0.1, 0.15) is 63.4 Å². The van der Waals surface area contributed by atoms with Crippen LogP contribution in [0.3, 0.4) is 0 Å². The average Bonchev–Trinajstić information content (AvgIpc) is 3.14. The monoisotopic (exact) mass is 471 g/mol. The van der Waals surface area contributed by atoms with E-state index in [1.165, 1.54) is 12.1 Å². The maximum Gasteiger partial charge on any atom is 0.411 e. The number of aliphatic hydroxyl groups is 1. The van der Waals surface area contributed by atoms with E-state index in [1.54, 1.807) is 37.3 Å². The number of Topliss-reactive ketones (excluding diaryl/α,β-unsaturated/α-hetero) is 1. The molecule has 1 aromatic heterocycles. The van der Waals surface area contributed by atoms with Gasteiger partial charge in [-0.25, -0.2) is 4.98 Å². The Balaban J connectivity index is 1.72. The summed E-state index contributed by atoms with van der Waals surface area (Å²) in [5.74, 6) is 0.146. The van der Waals surface area contributed by atoms with Gasteiger partial charge >= 0.3 is 6.18 Å². The van der Waals surface area contributed by atoms with Gasteiger partial charge in [-0.15, -0.1) is 0 Å². The molecule has 1 atom stereocenters. The highest BCUT2D eigenvalue weighted by atomic mass is 19.4. The molecule has 0 amide bonds. The van der Waals surface area contributed by atoms with E-state index in [4.69, 9.17) is 0 Å². The molecule has 0 aliphatic carbocycles. The highest BCUT2D eigenvalue weighted by molar-refractivity contribution is 5.80. The molecule has 0 saturated carbocycles. The first kappa shape index (κ1) is 25.4. The Morgan fingerprint density at radius 2 is 1.76 bits per heavy atom. The van der Waals surface area contributed by atoms with Crippen molar-refractivity contribution in [1.82, 2.24) is 9.55 Å². The minimum Gasteiger partial charge on any atom is -0.385 e. The van der Waals surface area contributed by atoms with Gasteiger partial charge in [0.25, 0.3) is 0 Å². The Bertz CT molecular complexity index is 1210. The van der Waals surface area contributed by atoms with Crippen molar-refractivity contribution in [3.63, 3.8) is 0 Å². The summed E-state index contributed by atoms with van der Waals surface area (Å²) in [4.78, 5) is 16.9. The number of nitrogens with zero attached hydrogens (tertiary/aromatic N) is 3. The molecule has 0 spiro atoms. The van der Waals surface area contributed by atoms with E-state index in [0.29, 0.717) is 23.9 Å². The van der Waals surface area contributed by atoms with Gasteiger partial charge in [0.15, 0.2) is 0 Å². The van der Waals surface area contributed by atoms with E-state index in [9.17, 15) is 28.3 Å². The summed E-state index contributed by atoms with van der Waals surface area (Å²) >= 11 is 0. The molecule has 0 aliphatic rings. The van der Waals surface area contributed by atoms with Gasteiger partial charge in [0.05, 0.1) is 28.3 Å². The fourth-order valence-electron chi connectivity index (χ4n) is 4.09. The van der Waals surface area contributed by atoms with Crippen LogP contribution < -0.4 is 0 Å². The smallest absolute Gasteiger partial charge is 0.385 e. The molecule has 8 heteroatoms. The quantitative estimate of drug-likeness (QED) is 0.401. The largest absolute Gasteiger partial charge is 0.411 e. The predicted molar refractivity (Wildman–Crippen MR) is 123 cm³/mol. The lowest BCUT2D eigenvalue weighted by molar-refractivity contribution is -0.202. The van der Waals surface area contributed by atoms with E-state index < -0.39 is 17.3 Å². The molecular weight excluding hydrogens is 443 g/mol. The highest BCUT2D eigenvalue weighted by Gasteiger charge is 2.50. The number of unbranched alkanes of at least 4 members (excludes halogenated alkanes) is 1. The fraction of sp³-hybridized carbons (Fsp3) is 0.423. The molecule has 5 nitrogen and oxygen atoms in total. The van der Waals surface area contributed by atoms with Crippen LogP contribution in [-0.2, 0) is 22.4 Å². The van der Waals surface area contributed by atoms with Crippen LogP contribution in [0.5, 0.6) is 0 Å². The zero-order valence-corrected chi connectivity index (χ0v) is 19.5. The summed E-state index contributed by atoms with van der Waals surface area (Å²) < 4.78 is 42.8. The SMILES string of the molecule is CC(C)(n1c(CCCCC(=O)C[C@@](C)(O)c2ccccc2)nc2ccc(C#N)cc21)C(F)(F)F. The van der Waals surface area contributed by atoms with Gasteiger partial charge in [0.1, 0.15) is 17.1 Å². The number of ketones is 1. The number of fused-ring (bicyclic) bond motifs is 1. The van der Waals surface area contributed by atoms with E-state index in [1.807, 2.05) is 12.1 Å². The molecule has 0 radical (unpaired) electrons. The fourth-order valence-corrected chi connectivity index (χ4v) is 4.09. The van der Waals surface area contributed by atoms with Crippen LogP contribution in [0.2, 0.25) is 0 Å². The molecule has 0 fully saturated rings. The number of hydrogen-bond donors (Lipinski definition) is 1. The Morgan fingerprint density at radius 3 is 2.38 bits per heavy atom. The minimum atomic E-state index is -4.53. The zero-order valence-electron chi connectivity index (χ0n) is 19.5. The molecule has 2 aromatic carbocycles. The molecule has 3 aromatic rings. The number of nitriles is 1. The van der Waals surface area contributed by atoms with E-state index in [-0.39, 0.29) is 42.0 Å². The van der Waals surface area contributed by atoms with Crippen molar-refractivity contribution in [3.8, 4) is 6.07 Å². The van der Waals surface area contributed by atoms with Crippen LogP contribution in [0.4, 0.5) is 13.2 Å². The number of benzene rings is 2. The van der Waals surface area contributed by atoms with Crippen molar-refractivity contribution >= 4 is 16.8 Å². The molecule has 3 rings (SSSR count). The molecule has 1 N–H and O–H groups in total. The molecule has 0 saturated heterocycles. The number of aryl methyl sites for hydroxylation is 1. The molecule has 1 heterocycles. The Labute approximate surface area is 196 Å². The van der Waals surface area contributed by atoms with Crippen LogP contribution >= 0.6 is 0 Å². The number of rotatable bonds is 9.